The van der Waals surface area contributed by atoms with Crippen molar-refractivity contribution in [2.24, 2.45) is 5.92 Å². The minimum Gasteiger partial charge on any atom is -0.339 e. The van der Waals surface area contributed by atoms with Crippen LogP contribution in [0.15, 0.2) is 47.9 Å². The van der Waals surface area contributed by atoms with Gasteiger partial charge in [0.15, 0.2) is 0 Å². The molecule has 0 aliphatic carbocycles. The molecule has 0 spiro atoms. The van der Waals surface area contributed by atoms with Gasteiger partial charge in [-0.1, -0.05) is 18.2 Å². The molecule has 2 saturated heterocycles. The van der Waals surface area contributed by atoms with Gasteiger partial charge in [-0.25, -0.2) is 9.18 Å². The quantitative estimate of drug-likeness (QED) is 0.448. The molecule has 2 aliphatic heterocycles. The van der Waals surface area contributed by atoms with E-state index in [-0.39, 0.29) is 36.5 Å². The molecule has 2 aliphatic rings. The molecule has 35 heavy (non-hydrogen) atoms. The zero-order valence-electron chi connectivity index (χ0n) is 20.1. The summed E-state index contributed by atoms with van der Waals surface area (Å²) in [7, 11) is 3.77. The number of piperidine rings is 1. The summed E-state index contributed by atoms with van der Waals surface area (Å²) in [5.74, 6) is -0.880. The predicted octanol–water partition coefficient (Wildman–Crippen LogP) is 3.23. The Labute approximate surface area is 209 Å². The maximum Gasteiger partial charge on any atom is 0.325 e. The van der Waals surface area contributed by atoms with Crippen molar-refractivity contribution in [2.75, 3.05) is 40.3 Å². The summed E-state index contributed by atoms with van der Waals surface area (Å²) in [4.78, 5) is 45.3. The minimum absolute atomic E-state index is 0.0644. The number of benzene rings is 1. The molecule has 4 rings (SSSR count). The van der Waals surface area contributed by atoms with E-state index in [9.17, 15) is 18.8 Å². The zero-order chi connectivity index (χ0) is 25.0. The number of nitrogens with one attached hydrogen (secondary N) is 1. The van der Waals surface area contributed by atoms with Crippen LogP contribution >= 0.6 is 11.3 Å². The van der Waals surface area contributed by atoms with Crippen LogP contribution in [-0.4, -0.2) is 78.4 Å². The smallest absolute Gasteiger partial charge is 0.325 e. The Morgan fingerprint density at radius 3 is 2.66 bits per heavy atom. The molecule has 0 saturated carbocycles. The van der Waals surface area contributed by atoms with Gasteiger partial charge in [-0.15, -0.1) is 11.3 Å². The number of nitrogens with zero attached hydrogens (tertiary/aromatic N) is 3. The fourth-order valence-electron chi connectivity index (χ4n) is 4.90. The number of urea groups is 1. The summed E-state index contributed by atoms with van der Waals surface area (Å²) in [5, 5.41) is 4.96. The van der Waals surface area contributed by atoms with E-state index >= 15 is 0 Å². The second-order valence-electron chi connectivity index (χ2n) is 9.42. The molecule has 0 bridgehead atoms. The summed E-state index contributed by atoms with van der Waals surface area (Å²) >= 11 is 1.57. The number of imide groups is 1. The number of carbonyl (C=O) groups is 3. The molecule has 4 amide bonds. The Bertz CT molecular complexity index is 1100. The van der Waals surface area contributed by atoms with E-state index in [0.29, 0.717) is 38.0 Å². The number of likely N-dealkylation sites (tertiary alicyclic amines) is 1. The number of thiophene rings is 1. The highest BCUT2D eigenvalue weighted by Crippen LogP contribution is 2.36. The third-order valence-corrected chi connectivity index (χ3v) is 7.62. The molecule has 2 fully saturated rings. The maximum atomic E-state index is 13.9. The number of rotatable bonds is 8. The molecule has 1 atom stereocenters. The van der Waals surface area contributed by atoms with Crippen LogP contribution in [0.25, 0.3) is 6.08 Å². The maximum absolute atomic E-state index is 13.9. The fourth-order valence-corrected chi connectivity index (χ4v) is 5.51. The molecule has 2 aromatic rings. The van der Waals surface area contributed by atoms with Gasteiger partial charge in [0.25, 0.3) is 5.91 Å². The normalized spacial score (nSPS) is 21.4. The summed E-state index contributed by atoms with van der Waals surface area (Å²) in [5.41, 5.74) is -0.496. The number of hydrogen-bond acceptors (Lipinski definition) is 5. The monoisotopic (exact) mass is 498 g/mol. The molecule has 0 radical (unpaired) electrons. The summed E-state index contributed by atoms with van der Waals surface area (Å²) in [6.07, 6.45) is 4.75. The molecule has 186 valence electrons. The standard InChI is InChI=1S/C26H31FN4O3S/c1-29(2)14-15-31-24(33)26(28-25(31)34,18-19-5-3-6-21(27)17-19)20-10-12-30(13-11-20)23(32)9-8-22-7-4-16-35-22/h3-9,16-17,20H,10-15,18H2,1-2H3,(H,28,34)/b9-8+/t26-/m1/s1. The van der Waals surface area contributed by atoms with Crippen molar-refractivity contribution < 1.29 is 18.8 Å². The highest BCUT2D eigenvalue weighted by Gasteiger charge is 2.55. The van der Waals surface area contributed by atoms with Crippen molar-refractivity contribution in [3.05, 3.63) is 64.1 Å². The van der Waals surface area contributed by atoms with Crippen molar-refractivity contribution in [3.8, 4) is 0 Å². The van der Waals surface area contributed by atoms with E-state index in [0.717, 1.165) is 4.88 Å². The number of halogens is 1. The summed E-state index contributed by atoms with van der Waals surface area (Å²) in [6.45, 7) is 1.82. The summed E-state index contributed by atoms with van der Waals surface area (Å²) in [6, 6.07) is 9.65. The van der Waals surface area contributed by atoms with Crippen molar-refractivity contribution in [2.45, 2.75) is 24.8 Å². The second-order valence-corrected chi connectivity index (χ2v) is 10.4. The average Bonchev–Trinajstić information content (AvgIpc) is 3.43. The van der Waals surface area contributed by atoms with Gasteiger partial charge in [0.2, 0.25) is 5.91 Å². The Balaban J connectivity index is 1.52. The molecule has 1 N–H and O–H groups in total. The van der Waals surface area contributed by atoms with Crippen LogP contribution in [0.4, 0.5) is 9.18 Å². The Morgan fingerprint density at radius 2 is 2.00 bits per heavy atom. The van der Waals surface area contributed by atoms with Crippen molar-refractivity contribution >= 4 is 35.3 Å². The van der Waals surface area contributed by atoms with Crippen LogP contribution in [0, 0.1) is 11.7 Å². The largest absolute Gasteiger partial charge is 0.339 e. The number of likely N-dealkylation sites (N-methyl/N-ethyl adjacent to an activating group) is 1. The van der Waals surface area contributed by atoms with Crippen molar-refractivity contribution in [1.29, 1.82) is 0 Å². The van der Waals surface area contributed by atoms with E-state index in [1.54, 1.807) is 34.4 Å². The highest BCUT2D eigenvalue weighted by atomic mass is 32.1. The third kappa shape index (κ3) is 5.62. The lowest BCUT2D eigenvalue weighted by Crippen LogP contribution is -2.58. The number of hydrogen-bond donors (Lipinski definition) is 1. The Kier molecular flexibility index (Phi) is 7.66. The first kappa shape index (κ1) is 25.1. The molecule has 1 aromatic carbocycles. The highest BCUT2D eigenvalue weighted by molar-refractivity contribution is 7.10. The fraction of sp³-hybridized carbons (Fsp3) is 0.423. The van der Waals surface area contributed by atoms with Crippen LogP contribution in [0.5, 0.6) is 0 Å². The van der Waals surface area contributed by atoms with Crippen LogP contribution < -0.4 is 5.32 Å². The van der Waals surface area contributed by atoms with Gasteiger partial charge in [0, 0.05) is 43.6 Å². The van der Waals surface area contributed by atoms with Gasteiger partial charge in [-0.3, -0.25) is 14.5 Å². The SMILES string of the molecule is CN(C)CCN1C(=O)N[C@](Cc2cccc(F)c2)(C2CCN(C(=O)/C=C/c3cccs3)CC2)C1=O. The first-order valence-corrected chi connectivity index (χ1v) is 12.7. The summed E-state index contributed by atoms with van der Waals surface area (Å²) < 4.78 is 13.9. The molecule has 7 nitrogen and oxygen atoms in total. The number of carbonyl (C=O) groups excluding carboxylic acids is 3. The zero-order valence-corrected chi connectivity index (χ0v) is 20.9. The third-order valence-electron chi connectivity index (χ3n) is 6.78. The van der Waals surface area contributed by atoms with E-state index in [1.807, 2.05) is 42.6 Å². The average molecular weight is 499 g/mol. The van der Waals surface area contributed by atoms with Crippen LogP contribution in [-0.2, 0) is 16.0 Å². The first-order chi connectivity index (χ1) is 16.8. The van der Waals surface area contributed by atoms with Crippen LogP contribution in [0.1, 0.15) is 23.3 Å². The minimum atomic E-state index is -1.15. The van der Waals surface area contributed by atoms with Gasteiger partial charge in [0.05, 0.1) is 0 Å². The van der Waals surface area contributed by atoms with Crippen LogP contribution in [0.3, 0.4) is 0 Å². The predicted molar refractivity (Wildman–Crippen MR) is 134 cm³/mol. The van der Waals surface area contributed by atoms with Gasteiger partial charge in [-0.2, -0.15) is 0 Å². The molecule has 9 heteroatoms. The molecule has 1 aromatic heterocycles. The lowest BCUT2D eigenvalue weighted by atomic mass is 9.74. The molecular weight excluding hydrogens is 467 g/mol. The van der Waals surface area contributed by atoms with E-state index in [4.69, 9.17) is 0 Å². The lowest BCUT2D eigenvalue weighted by molar-refractivity contribution is -0.134. The van der Waals surface area contributed by atoms with Gasteiger partial charge >= 0.3 is 6.03 Å². The van der Waals surface area contributed by atoms with Crippen LogP contribution in [0.2, 0.25) is 0 Å². The molecule has 3 heterocycles. The van der Waals surface area contributed by atoms with Gasteiger partial charge in [-0.05, 0) is 68.1 Å². The van der Waals surface area contributed by atoms with E-state index < -0.39 is 11.6 Å². The molecule has 0 unspecified atom stereocenters. The number of amides is 4. The second kappa shape index (κ2) is 10.7. The first-order valence-electron chi connectivity index (χ1n) is 11.8. The van der Waals surface area contributed by atoms with E-state index in [2.05, 4.69) is 5.32 Å². The topological polar surface area (TPSA) is 73.0 Å². The lowest BCUT2D eigenvalue weighted by Gasteiger charge is -2.41. The van der Waals surface area contributed by atoms with E-state index in [1.165, 1.54) is 17.0 Å². The molecular formula is C26H31FN4O3S. The van der Waals surface area contributed by atoms with Crippen molar-refractivity contribution in [1.82, 2.24) is 20.0 Å². The Morgan fingerprint density at radius 1 is 1.23 bits per heavy atom. The Hall–Kier alpha value is -3.04. The van der Waals surface area contributed by atoms with Gasteiger partial charge in [0.1, 0.15) is 11.4 Å². The van der Waals surface area contributed by atoms with Crippen molar-refractivity contribution in [3.63, 3.8) is 0 Å². The van der Waals surface area contributed by atoms with Gasteiger partial charge < -0.3 is 15.1 Å².